The van der Waals surface area contributed by atoms with Crippen molar-refractivity contribution in [2.75, 3.05) is 13.1 Å². The number of benzene rings is 2. The fraction of sp³-hybridized carbons (Fsp3) is 0.263. The van der Waals surface area contributed by atoms with Gasteiger partial charge in [0.25, 0.3) is 11.1 Å². The van der Waals surface area contributed by atoms with Crippen LogP contribution < -0.4 is 4.74 Å². The zero-order valence-electron chi connectivity index (χ0n) is 14.1. The minimum atomic E-state index is -1.04. The maximum Gasteiger partial charge on any atom is 0.274 e. The number of hydrogen-bond acceptors (Lipinski definition) is 4. The molecular formula is C19H15F3N2O2S. The molecule has 1 fully saturated rings. The maximum absolute atomic E-state index is 13.7. The Bertz CT molecular complexity index is 1000. The second-order valence-corrected chi connectivity index (χ2v) is 7.30. The molecule has 1 amide bonds. The van der Waals surface area contributed by atoms with E-state index in [2.05, 4.69) is 4.98 Å². The van der Waals surface area contributed by atoms with Crippen molar-refractivity contribution in [3.63, 3.8) is 0 Å². The van der Waals surface area contributed by atoms with Gasteiger partial charge >= 0.3 is 0 Å². The Labute approximate surface area is 157 Å². The van der Waals surface area contributed by atoms with Crippen molar-refractivity contribution < 1.29 is 22.7 Å². The average Bonchev–Trinajstić information content (AvgIpc) is 3.08. The third kappa shape index (κ3) is 3.62. The molecule has 0 saturated carbocycles. The molecule has 0 atom stereocenters. The van der Waals surface area contributed by atoms with Crippen LogP contribution in [0, 0.1) is 17.5 Å². The predicted molar refractivity (Wildman–Crippen MR) is 95.5 cm³/mol. The lowest BCUT2D eigenvalue weighted by atomic mass is 10.1. The minimum Gasteiger partial charge on any atom is -0.467 e. The first-order chi connectivity index (χ1) is 13.0. The molecule has 2 aromatic carbocycles. The van der Waals surface area contributed by atoms with Gasteiger partial charge in [-0.3, -0.25) is 4.79 Å². The third-order valence-corrected chi connectivity index (χ3v) is 5.42. The highest BCUT2D eigenvalue weighted by molar-refractivity contribution is 7.20. The molecule has 0 bridgehead atoms. The number of amides is 1. The lowest BCUT2D eigenvalue weighted by Gasteiger charge is -2.31. The zero-order chi connectivity index (χ0) is 19.0. The second-order valence-electron chi connectivity index (χ2n) is 6.30. The number of likely N-dealkylation sites (tertiary alicyclic amines) is 1. The highest BCUT2D eigenvalue weighted by Crippen LogP contribution is 2.31. The van der Waals surface area contributed by atoms with E-state index < -0.39 is 11.6 Å². The molecule has 1 aliphatic rings. The standard InChI is InChI=1S/C19H15F3N2O2S/c20-13-5-4-11(10-15(13)22)18(25)24-8-6-12(7-9-24)26-19-23-17-14(21)2-1-3-16(17)27-19/h1-5,10,12H,6-9H2. The number of carbonyl (C=O) groups excluding carboxylic acids is 1. The first-order valence-corrected chi connectivity index (χ1v) is 9.29. The third-order valence-electron chi connectivity index (χ3n) is 4.51. The number of piperidine rings is 1. The molecule has 0 aliphatic carbocycles. The van der Waals surface area contributed by atoms with E-state index in [0.29, 0.717) is 36.6 Å². The van der Waals surface area contributed by atoms with Crippen LogP contribution in [-0.4, -0.2) is 35.0 Å². The zero-order valence-corrected chi connectivity index (χ0v) is 14.9. The molecule has 4 rings (SSSR count). The van der Waals surface area contributed by atoms with Gasteiger partial charge in [0.1, 0.15) is 17.4 Å². The van der Waals surface area contributed by atoms with Crippen LogP contribution in [0.2, 0.25) is 0 Å². The second kappa shape index (κ2) is 7.19. The van der Waals surface area contributed by atoms with Crippen molar-refractivity contribution in [3.8, 4) is 5.19 Å². The van der Waals surface area contributed by atoms with Gasteiger partial charge in [0.2, 0.25) is 0 Å². The minimum absolute atomic E-state index is 0.120. The highest BCUT2D eigenvalue weighted by Gasteiger charge is 2.26. The summed E-state index contributed by atoms with van der Waals surface area (Å²) in [5.74, 6) is -2.74. The summed E-state index contributed by atoms with van der Waals surface area (Å²) >= 11 is 1.28. The van der Waals surface area contributed by atoms with Crippen LogP contribution in [0.15, 0.2) is 36.4 Å². The summed E-state index contributed by atoms with van der Waals surface area (Å²) in [6.45, 7) is 0.865. The summed E-state index contributed by atoms with van der Waals surface area (Å²) in [6.07, 6.45) is 1.02. The predicted octanol–water partition coefficient (Wildman–Crippen LogP) is 4.40. The SMILES string of the molecule is O=C(c1ccc(F)c(F)c1)N1CCC(Oc2nc3c(F)cccc3s2)CC1. The van der Waals surface area contributed by atoms with Crippen LogP contribution >= 0.6 is 11.3 Å². The van der Waals surface area contributed by atoms with Crippen molar-refractivity contribution in [2.45, 2.75) is 18.9 Å². The molecule has 2 heterocycles. The molecule has 140 valence electrons. The molecule has 8 heteroatoms. The van der Waals surface area contributed by atoms with Gasteiger partial charge in [-0.15, -0.1) is 0 Å². The normalized spacial score (nSPS) is 15.3. The number of hydrogen-bond donors (Lipinski definition) is 0. The Balaban J connectivity index is 1.38. The van der Waals surface area contributed by atoms with Gasteiger partial charge in [0.05, 0.1) is 4.70 Å². The van der Waals surface area contributed by atoms with Gasteiger partial charge in [-0.1, -0.05) is 17.4 Å². The summed E-state index contributed by atoms with van der Waals surface area (Å²) in [5.41, 5.74) is 0.415. The van der Waals surface area contributed by atoms with Gasteiger partial charge in [-0.25, -0.2) is 13.2 Å². The molecule has 27 heavy (non-hydrogen) atoms. The molecular weight excluding hydrogens is 377 g/mol. The van der Waals surface area contributed by atoms with Crippen molar-refractivity contribution in [1.29, 1.82) is 0 Å². The first kappa shape index (κ1) is 17.8. The average molecular weight is 392 g/mol. The Kier molecular flexibility index (Phi) is 4.73. The van der Waals surface area contributed by atoms with E-state index in [4.69, 9.17) is 4.74 Å². The van der Waals surface area contributed by atoms with Crippen LogP contribution in [0.1, 0.15) is 23.2 Å². The quantitative estimate of drug-likeness (QED) is 0.664. The van der Waals surface area contributed by atoms with Crippen molar-refractivity contribution in [1.82, 2.24) is 9.88 Å². The maximum atomic E-state index is 13.7. The topological polar surface area (TPSA) is 42.4 Å². The molecule has 3 aromatic rings. The molecule has 0 unspecified atom stereocenters. The fourth-order valence-corrected chi connectivity index (χ4v) is 3.97. The van der Waals surface area contributed by atoms with Crippen molar-refractivity contribution in [2.24, 2.45) is 0 Å². The van der Waals surface area contributed by atoms with Crippen LogP contribution in [0.4, 0.5) is 13.2 Å². The van der Waals surface area contributed by atoms with Gasteiger partial charge < -0.3 is 9.64 Å². The van der Waals surface area contributed by atoms with E-state index >= 15 is 0 Å². The number of nitrogens with zero attached hydrogens (tertiary/aromatic N) is 2. The van der Waals surface area contributed by atoms with Crippen LogP contribution in [0.3, 0.4) is 0 Å². The number of halogens is 3. The highest BCUT2D eigenvalue weighted by atomic mass is 32.1. The number of fused-ring (bicyclic) bond motifs is 1. The summed E-state index contributed by atoms with van der Waals surface area (Å²) in [6, 6.07) is 7.90. The lowest BCUT2D eigenvalue weighted by molar-refractivity contribution is 0.0595. The summed E-state index contributed by atoms with van der Waals surface area (Å²) in [5, 5.41) is 0.403. The first-order valence-electron chi connectivity index (χ1n) is 8.47. The number of carbonyl (C=O) groups is 1. The summed E-state index contributed by atoms with van der Waals surface area (Å²) in [4.78, 5) is 18.2. The molecule has 1 aromatic heterocycles. The number of rotatable bonds is 3. The Morgan fingerprint density at radius 2 is 1.85 bits per heavy atom. The Morgan fingerprint density at radius 3 is 2.56 bits per heavy atom. The summed E-state index contributed by atoms with van der Waals surface area (Å²) < 4.78 is 46.7. The number of thiazole rings is 1. The Morgan fingerprint density at radius 1 is 1.07 bits per heavy atom. The van der Waals surface area contributed by atoms with Crippen molar-refractivity contribution >= 4 is 27.5 Å². The Hall–Kier alpha value is -2.61. The van der Waals surface area contributed by atoms with Gasteiger partial charge in [-0.2, -0.15) is 4.98 Å². The fourth-order valence-electron chi connectivity index (χ4n) is 3.08. The monoisotopic (exact) mass is 392 g/mol. The van der Waals surface area contributed by atoms with E-state index in [-0.39, 0.29) is 23.4 Å². The molecule has 1 aliphatic heterocycles. The molecule has 0 spiro atoms. The molecule has 4 nitrogen and oxygen atoms in total. The van der Waals surface area contributed by atoms with Gasteiger partial charge in [-0.05, 0) is 30.3 Å². The van der Waals surface area contributed by atoms with Gasteiger partial charge in [0, 0.05) is 31.5 Å². The van der Waals surface area contributed by atoms with E-state index in [9.17, 15) is 18.0 Å². The van der Waals surface area contributed by atoms with Crippen LogP contribution in [-0.2, 0) is 0 Å². The van der Waals surface area contributed by atoms with Crippen LogP contribution in [0.25, 0.3) is 10.2 Å². The van der Waals surface area contributed by atoms with Crippen molar-refractivity contribution in [3.05, 3.63) is 59.4 Å². The summed E-state index contributed by atoms with van der Waals surface area (Å²) in [7, 11) is 0. The number of ether oxygens (including phenoxy) is 1. The smallest absolute Gasteiger partial charge is 0.274 e. The lowest BCUT2D eigenvalue weighted by Crippen LogP contribution is -2.41. The largest absolute Gasteiger partial charge is 0.467 e. The van der Waals surface area contributed by atoms with E-state index in [0.717, 1.165) is 16.8 Å². The van der Waals surface area contributed by atoms with Gasteiger partial charge in [0.15, 0.2) is 11.6 Å². The molecule has 0 radical (unpaired) electrons. The van der Waals surface area contributed by atoms with E-state index in [1.165, 1.54) is 23.5 Å². The molecule has 1 saturated heterocycles. The number of aromatic nitrogens is 1. The van der Waals surface area contributed by atoms with E-state index in [1.807, 2.05) is 0 Å². The number of para-hydroxylation sites is 1. The molecule has 0 N–H and O–H groups in total. The van der Waals surface area contributed by atoms with E-state index in [1.54, 1.807) is 17.0 Å². The van der Waals surface area contributed by atoms with Crippen LogP contribution in [0.5, 0.6) is 5.19 Å².